The van der Waals surface area contributed by atoms with Gasteiger partial charge in [0.1, 0.15) is 11.9 Å². The molecule has 5 heteroatoms. The van der Waals surface area contributed by atoms with Crippen molar-refractivity contribution in [3.05, 3.63) is 42.0 Å². The van der Waals surface area contributed by atoms with Gasteiger partial charge in [0, 0.05) is 29.6 Å². The molecule has 2 atom stereocenters. The SMILES string of the molecule is Cc1ccc(-c2cnc(OC3C4CCN(CC4)C3C)nc2)c(F)c1. The summed E-state index contributed by atoms with van der Waals surface area (Å²) in [4.78, 5) is 11.1. The van der Waals surface area contributed by atoms with Crippen molar-refractivity contribution in [3.8, 4) is 17.1 Å². The first-order valence-electron chi connectivity index (χ1n) is 8.61. The van der Waals surface area contributed by atoms with Crippen molar-refractivity contribution < 1.29 is 9.13 Å². The van der Waals surface area contributed by atoms with Crippen LogP contribution in [0.3, 0.4) is 0 Å². The molecule has 1 aromatic heterocycles. The number of aryl methyl sites for hydroxylation is 1. The molecule has 3 saturated heterocycles. The summed E-state index contributed by atoms with van der Waals surface area (Å²) in [6.07, 6.45) is 5.79. The fourth-order valence-corrected chi connectivity index (χ4v) is 3.94. The van der Waals surface area contributed by atoms with Crippen molar-refractivity contribution in [1.82, 2.24) is 14.9 Å². The lowest BCUT2D eigenvalue weighted by Crippen LogP contribution is -2.58. The average molecular weight is 327 g/mol. The number of ether oxygens (including phenoxy) is 1. The fraction of sp³-hybridized carbons (Fsp3) is 0.474. The van der Waals surface area contributed by atoms with Gasteiger partial charge in [-0.3, -0.25) is 4.90 Å². The topological polar surface area (TPSA) is 38.2 Å². The minimum Gasteiger partial charge on any atom is -0.458 e. The number of aromatic nitrogens is 2. The van der Waals surface area contributed by atoms with Crippen molar-refractivity contribution in [3.63, 3.8) is 0 Å². The van der Waals surface area contributed by atoms with Gasteiger partial charge in [0.15, 0.2) is 0 Å². The van der Waals surface area contributed by atoms with Gasteiger partial charge in [-0.2, -0.15) is 0 Å². The van der Waals surface area contributed by atoms with Gasteiger partial charge >= 0.3 is 6.01 Å². The molecule has 2 bridgehead atoms. The molecule has 0 amide bonds. The van der Waals surface area contributed by atoms with E-state index in [0.717, 1.165) is 18.7 Å². The third kappa shape index (κ3) is 2.77. The molecule has 0 spiro atoms. The molecular weight excluding hydrogens is 305 g/mol. The van der Waals surface area contributed by atoms with E-state index in [4.69, 9.17) is 4.74 Å². The molecule has 5 rings (SSSR count). The van der Waals surface area contributed by atoms with Crippen molar-refractivity contribution >= 4 is 0 Å². The molecule has 4 heterocycles. The Labute approximate surface area is 141 Å². The molecule has 2 unspecified atom stereocenters. The second-order valence-electron chi connectivity index (χ2n) is 6.93. The number of nitrogens with zero attached hydrogens (tertiary/aromatic N) is 3. The van der Waals surface area contributed by atoms with Gasteiger partial charge in [-0.15, -0.1) is 0 Å². The van der Waals surface area contributed by atoms with E-state index in [0.29, 0.717) is 29.1 Å². The van der Waals surface area contributed by atoms with Crippen LogP contribution in [0, 0.1) is 18.7 Å². The zero-order valence-corrected chi connectivity index (χ0v) is 14.1. The van der Waals surface area contributed by atoms with E-state index in [1.807, 2.05) is 13.0 Å². The maximum absolute atomic E-state index is 14.1. The highest BCUT2D eigenvalue weighted by molar-refractivity contribution is 5.62. The summed E-state index contributed by atoms with van der Waals surface area (Å²) in [7, 11) is 0. The molecule has 126 valence electrons. The first kappa shape index (κ1) is 15.5. The number of hydrogen-bond donors (Lipinski definition) is 0. The molecule has 3 aliphatic rings. The largest absolute Gasteiger partial charge is 0.458 e. The van der Waals surface area contributed by atoms with Gasteiger partial charge in [0.05, 0.1) is 0 Å². The molecule has 24 heavy (non-hydrogen) atoms. The molecule has 0 N–H and O–H groups in total. The molecule has 3 fully saturated rings. The monoisotopic (exact) mass is 327 g/mol. The van der Waals surface area contributed by atoms with Crippen LogP contribution in [-0.4, -0.2) is 40.1 Å². The van der Waals surface area contributed by atoms with Crippen molar-refractivity contribution in [2.45, 2.75) is 38.8 Å². The first-order chi connectivity index (χ1) is 11.6. The molecule has 2 aromatic rings. The first-order valence-corrected chi connectivity index (χ1v) is 8.61. The van der Waals surface area contributed by atoms with E-state index < -0.39 is 0 Å². The maximum atomic E-state index is 14.1. The van der Waals surface area contributed by atoms with Crippen LogP contribution in [0.25, 0.3) is 11.1 Å². The Morgan fingerprint density at radius 1 is 1.17 bits per heavy atom. The third-order valence-corrected chi connectivity index (χ3v) is 5.40. The Hall–Kier alpha value is -2.01. The van der Waals surface area contributed by atoms with Gasteiger partial charge in [-0.05, 0) is 57.3 Å². The smallest absolute Gasteiger partial charge is 0.316 e. The van der Waals surface area contributed by atoms with E-state index >= 15 is 0 Å². The predicted octanol–water partition coefficient (Wildman–Crippen LogP) is 3.45. The molecule has 3 aliphatic heterocycles. The zero-order valence-electron chi connectivity index (χ0n) is 14.1. The highest BCUT2D eigenvalue weighted by Crippen LogP contribution is 2.34. The summed E-state index contributed by atoms with van der Waals surface area (Å²) in [6.45, 7) is 6.41. The van der Waals surface area contributed by atoms with Crippen molar-refractivity contribution in [1.29, 1.82) is 0 Å². The summed E-state index contributed by atoms with van der Waals surface area (Å²) in [5.74, 6) is 0.334. The van der Waals surface area contributed by atoms with E-state index in [1.165, 1.54) is 18.9 Å². The molecule has 0 radical (unpaired) electrons. The summed E-state index contributed by atoms with van der Waals surface area (Å²) in [5.41, 5.74) is 2.08. The Kier molecular flexibility index (Phi) is 3.96. The zero-order chi connectivity index (χ0) is 16.7. The summed E-state index contributed by atoms with van der Waals surface area (Å²) >= 11 is 0. The van der Waals surface area contributed by atoms with E-state index in [1.54, 1.807) is 18.5 Å². The van der Waals surface area contributed by atoms with Crippen molar-refractivity contribution in [2.75, 3.05) is 13.1 Å². The Balaban J connectivity index is 1.52. The molecule has 4 nitrogen and oxygen atoms in total. The van der Waals surface area contributed by atoms with E-state index in [-0.39, 0.29) is 11.9 Å². The Bertz CT molecular complexity index is 724. The average Bonchev–Trinajstić information content (AvgIpc) is 2.59. The van der Waals surface area contributed by atoms with E-state index in [9.17, 15) is 4.39 Å². The fourth-order valence-electron chi connectivity index (χ4n) is 3.94. The second-order valence-corrected chi connectivity index (χ2v) is 6.93. The van der Waals surface area contributed by atoms with Crippen LogP contribution in [0.1, 0.15) is 25.3 Å². The number of piperidine rings is 3. The van der Waals surface area contributed by atoms with Crippen LogP contribution < -0.4 is 4.74 Å². The standard InChI is InChI=1S/C19H22FN3O/c1-12-3-4-16(17(20)9-12)15-10-21-19(22-11-15)24-18-13(2)23-7-5-14(18)6-8-23/h3-4,9-11,13-14,18H,5-8H2,1-2H3. The minimum absolute atomic E-state index is 0.148. The van der Waals surface area contributed by atoms with Gasteiger partial charge in [-0.25, -0.2) is 14.4 Å². The summed E-state index contributed by atoms with van der Waals surface area (Å²) in [5, 5.41) is 0. The minimum atomic E-state index is -0.252. The van der Waals surface area contributed by atoms with Gasteiger partial charge < -0.3 is 4.74 Å². The van der Waals surface area contributed by atoms with Crippen LogP contribution in [0.5, 0.6) is 6.01 Å². The Morgan fingerprint density at radius 3 is 2.50 bits per heavy atom. The number of benzene rings is 1. The van der Waals surface area contributed by atoms with E-state index in [2.05, 4.69) is 21.8 Å². The molecule has 1 aromatic carbocycles. The predicted molar refractivity (Wildman–Crippen MR) is 90.3 cm³/mol. The molecular formula is C19H22FN3O. The van der Waals surface area contributed by atoms with Crippen LogP contribution in [0.15, 0.2) is 30.6 Å². The van der Waals surface area contributed by atoms with Crippen LogP contribution in [0.4, 0.5) is 4.39 Å². The summed E-state index contributed by atoms with van der Waals surface area (Å²) < 4.78 is 20.2. The lowest BCUT2D eigenvalue weighted by Gasteiger charge is -2.48. The second kappa shape index (κ2) is 6.13. The molecule has 0 aliphatic carbocycles. The van der Waals surface area contributed by atoms with Gasteiger partial charge in [0.25, 0.3) is 0 Å². The highest BCUT2D eigenvalue weighted by Gasteiger charge is 2.41. The normalized spacial score (nSPS) is 28.8. The van der Waals surface area contributed by atoms with Gasteiger partial charge in [0.2, 0.25) is 0 Å². The quantitative estimate of drug-likeness (QED) is 0.865. The third-order valence-electron chi connectivity index (χ3n) is 5.40. The number of fused-ring (bicyclic) bond motifs is 3. The lowest BCUT2D eigenvalue weighted by molar-refractivity contribution is -0.0544. The van der Waals surface area contributed by atoms with Crippen LogP contribution >= 0.6 is 0 Å². The van der Waals surface area contributed by atoms with Gasteiger partial charge in [-0.1, -0.05) is 12.1 Å². The Morgan fingerprint density at radius 2 is 1.88 bits per heavy atom. The molecule has 0 saturated carbocycles. The maximum Gasteiger partial charge on any atom is 0.316 e. The number of halogens is 1. The highest BCUT2D eigenvalue weighted by atomic mass is 19.1. The lowest BCUT2D eigenvalue weighted by atomic mass is 9.81. The van der Waals surface area contributed by atoms with Crippen LogP contribution in [-0.2, 0) is 0 Å². The van der Waals surface area contributed by atoms with Crippen LogP contribution in [0.2, 0.25) is 0 Å². The summed E-state index contributed by atoms with van der Waals surface area (Å²) in [6, 6.07) is 5.96. The number of hydrogen-bond acceptors (Lipinski definition) is 4. The number of rotatable bonds is 3. The van der Waals surface area contributed by atoms with Crippen molar-refractivity contribution in [2.24, 2.45) is 5.92 Å².